The van der Waals surface area contributed by atoms with Gasteiger partial charge in [-0.05, 0) is 24.6 Å². The number of anilines is 1. The number of hydrogen-bond acceptors (Lipinski definition) is 4. The predicted molar refractivity (Wildman–Crippen MR) is 60.0 cm³/mol. The van der Waals surface area contributed by atoms with Crippen molar-refractivity contribution in [3.63, 3.8) is 0 Å². The van der Waals surface area contributed by atoms with Gasteiger partial charge in [-0.3, -0.25) is 9.59 Å². The van der Waals surface area contributed by atoms with E-state index in [1.807, 2.05) is 0 Å². The highest BCUT2D eigenvalue weighted by Crippen LogP contribution is 2.20. The van der Waals surface area contributed by atoms with Crippen molar-refractivity contribution < 1.29 is 9.59 Å². The summed E-state index contributed by atoms with van der Waals surface area (Å²) in [7, 11) is 0. The van der Waals surface area contributed by atoms with Crippen LogP contribution in [0.5, 0.6) is 0 Å². The van der Waals surface area contributed by atoms with E-state index in [1.165, 1.54) is 13.8 Å². The Kier molecular flexibility index (Phi) is 3.88. The van der Waals surface area contributed by atoms with E-state index in [0.29, 0.717) is 11.3 Å². The fourth-order valence-corrected chi connectivity index (χ4v) is 1.32. The van der Waals surface area contributed by atoms with Crippen LogP contribution < -0.4 is 5.32 Å². The van der Waals surface area contributed by atoms with Crippen LogP contribution in [0.25, 0.3) is 0 Å². The number of amides is 1. The summed E-state index contributed by atoms with van der Waals surface area (Å²) in [6.07, 6.45) is 0. The van der Waals surface area contributed by atoms with Gasteiger partial charge in [-0.1, -0.05) is 17.3 Å². The highest BCUT2D eigenvalue weighted by atomic mass is 16.3. The summed E-state index contributed by atoms with van der Waals surface area (Å²) >= 11 is 0. The molecule has 1 rings (SSSR count). The molecule has 84 valence electrons. The minimum absolute atomic E-state index is 0.176. The summed E-state index contributed by atoms with van der Waals surface area (Å²) in [5.74, 6) is -0.480. The standard InChI is InChI=1S/C11H12N2O3/c1-7(14)11(13-16)9-3-5-10(6-4-9)12-8(2)15/h3-6,11H,1-2H3,(H,12,15). The number of Topliss-reactive ketones (excluding diaryl/α,β-unsaturated/α-hetero) is 1. The Bertz CT molecular complexity index is 412. The Balaban J connectivity index is 2.89. The maximum atomic E-state index is 11.1. The third-order valence-electron chi connectivity index (χ3n) is 2.04. The molecular weight excluding hydrogens is 208 g/mol. The molecule has 1 aromatic rings. The third kappa shape index (κ3) is 2.98. The average Bonchev–Trinajstić information content (AvgIpc) is 2.20. The SMILES string of the molecule is CC(=O)Nc1ccc(C(N=O)C(C)=O)cc1. The normalized spacial score (nSPS) is 11.6. The lowest BCUT2D eigenvalue weighted by Gasteiger charge is -2.07. The summed E-state index contributed by atoms with van der Waals surface area (Å²) in [6, 6.07) is 5.47. The van der Waals surface area contributed by atoms with Gasteiger partial charge in [0.15, 0.2) is 11.8 Å². The number of hydrogen-bond donors (Lipinski definition) is 1. The van der Waals surface area contributed by atoms with Crippen LogP contribution in [0, 0.1) is 4.91 Å². The van der Waals surface area contributed by atoms with Gasteiger partial charge in [0.25, 0.3) is 0 Å². The Hall–Kier alpha value is -2.04. The number of carbonyl (C=O) groups is 2. The zero-order valence-corrected chi connectivity index (χ0v) is 9.06. The van der Waals surface area contributed by atoms with Crippen molar-refractivity contribution in [2.45, 2.75) is 19.9 Å². The Labute approximate surface area is 92.8 Å². The minimum Gasteiger partial charge on any atom is -0.326 e. The Morgan fingerprint density at radius 2 is 1.75 bits per heavy atom. The second-order valence-corrected chi connectivity index (χ2v) is 3.42. The number of rotatable bonds is 4. The summed E-state index contributed by atoms with van der Waals surface area (Å²) in [4.78, 5) is 32.3. The fraction of sp³-hybridized carbons (Fsp3) is 0.273. The van der Waals surface area contributed by atoms with Gasteiger partial charge in [0.05, 0.1) is 0 Å². The van der Waals surface area contributed by atoms with Crippen LogP contribution >= 0.6 is 0 Å². The van der Waals surface area contributed by atoms with Gasteiger partial charge < -0.3 is 5.32 Å². The zero-order chi connectivity index (χ0) is 12.1. The predicted octanol–water partition coefficient (Wildman–Crippen LogP) is 2.04. The van der Waals surface area contributed by atoms with Gasteiger partial charge in [0.2, 0.25) is 5.91 Å². The van der Waals surface area contributed by atoms with Crippen molar-refractivity contribution in [2.24, 2.45) is 5.18 Å². The quantitative estimate of drug-likeness (QED) is 0.789. The van der Waals surface area contributed by atoms with Crippen molar-refractivity contribution in [1.29, 1.82) is 0 Å². The maximum Gasteiger partial charge on any atom is 0.221 e. The van der Waals surface area contributed by atoms with Crippen LogP contribution in [0.15, 0.2) is 29.4 Å². The Morgan fingerprint density at radius 1 is 1.19 bits per heavy atom. The van der Waals surface area contributed by atoms with E-state index < -0.39 is 6.04 Å². The number of nitroso groups, excluding NO2 is 1. The minimum atomic E-state index is -0.966. The lowest BCUT2D eigenvalue weighted by atomic mass is 10.0. The van der Waals surface area contributed by atoms with E-state index in [4.69, 9.17) is 0 Å². The molecule has 0 aliphatic carbocycles. The number of benzene rings is 1. The number of nitrogens with one attached hydrogen (secondary N) is 1. The molecule has 1 amide bonds. The topological polar surface area (TPSA) is 75.6 Å². The number of ketones is 1. The average molecular weight is 220 g/mol. The molecule has 5 nitrogen and oxygen atoms in total. The first kappa shape index (κ1) is 12.0. The van der Waals surface area contributed by atoms with Crippen LogP contribution in [-0.4, -0.2) is 11.7 Å². The van der Waals surface area contributed by atoms with E-state index >= 15 is 0 Å². The van der Waals surface area contributed by atoms with Gasteiger partial charge in [-0.15, -0.1) is 4.91 Å². The highest BCUT2D eigenvalue weighted by molar-refractivity contribution is 5.89. The molecule has 1 atom stereocenters. The molecule has 1 aromatic carbocycles. The molecule has 5 heteroatoms. The van der Waals surface area contributed by atoms with Crippen molar-refractivity contribution >= 4 is 17.4 Å². The summed E-state index contributed by atoms with van der Waals surface area (Å²) in [6.45, 7) is 2.72. The smallest absolute Gasteiger partial charge is 0.221 e. The van der Waals surface area contributed by atoms with Crippen LogP contribution in [0.3, 0.4) is 0 Å². The molecule has 0 aliphatic heterocycles. The first-order valence-electron chi connectivity index (χ1n) is 4.75. The maximum absolute atomic E-state index is 11.1. The lowest BCUT2D eigenvalue weighted by molar-refractivity contribution is -0.118. The second-order valence-electron chi connectivity index (χ2n) is 3.42. The monoisotopic (exact) mass is 220 g/mol. The highest BCUT2D eigenvalue weighted by Gasteiger charge is 2.16. The molecule has 0 bridgehead atoms. The van der Waals surface area contributed by atoms with Gasteiger partial charge in [-0.25, -0.2) is 0 Å². The van der Waals surface area contributed by atoms with Crippen LogP contribution in [-0.2, 0) is 9.59 Å². The molecule has 1 unspecified atom stereocenters. The molecule has 0 fully saturated rings. The zero-order valence-electron chi connectivity index (χ0n) is 9.06. The largest absolute Gasteiger partial charge is 0.326 e. The molecule has 0 heterocycles. The van der Waals surface area contributed by atoms with Gasteiger partial charge in [-0.2, -0.15) is 0 Å². The first-order valence-corrected chi connectivity index (χ1v) is 4.75. The third-order valence-corrected chi connectivity index (χ3v) is 2.04. The van der Waals surface area contributed by atoms with Crippen molar-refractivity contribution in [3.8, 4) is 0 Å². The molecule has 16 heavy (non-hydrogen) atoms. The summed E-state index contributed by atoms with van der Waals surface area (Å²) in [5.41, 5.74) is 1.14. The summed E-state index contributed by atoms with van der Waals surface area (Å²) < 4.78 is 0. The van der Waals surface area contributed by atoms with Gasteiger partial charge in [0.1, 0.15) is 0 Å². The molecule has 0 radical (unpaired) electrons. The van der Waals surface area contributed by atoms with Crippen LogP contribution in [0.2, 0.25) is 0 Å². The summed E-state index contributed by atoms with van der Waals surface area (Å²) in [5, 5.41) is 5.35. The van der Waals surface area contributed by atoms with Gasteiger partial charge in [0, 0.05) is 12.6 Å². The molecule has 1 N–H and O–H groups in total. The first-order chi connectivity index (χ1) is 7.54. The fourth-order valence-electron chi connectivity index (χ4n) is 1.32. The van der Waals surface area contributed by atoms with E-state index in [1.54, 1.807) is 24.3 Å². The molecule has 0 spiro atoms. The van der Waals surface area contributed by atoms with E-state index in [-0.39, 0.29) is 11.7 Å². The second kappa shape index (κ2) is 5.16. The molecular formula is C11H12N2O3. The lowest BCUT2D eigenvalue weighted by Crippen LogP contribution is -2.07. The number of nitrogens with zero attached hydrogens (tertiary/aromatic N) is 1. The van der Waals surface area contributed by atoms with E-state index in [0.717, 1.165) is 0 Å². The van der Waals surface area contributed by atoms with Gasteiger partial charge >= 0.3 is 0 Å². The number of carbonyl (C=O) groups excluding carboxylic acids is 2. The molecule has 0 aromatic heterocycles. The van der Waals surface area contributed by atoms with Crippen molar-refractivity contribution in [3.05, 3.63) is 34.7 Å². The van der Waals surface area contributed by atoms with Crippen LogP contribution in [0.4, 0.5) is 5.69 Å². The molecule has 0 saturated heterocycles. The molecule has 0 aliphatic rings. The van der Waals surface area contributed by atoms with E-state index in [2.05, 4.69) is 10.5 Å². The molecule has 0 saturated carbocycles. The Morgan fingerprint density at radius 3 is 2.12 bits per heavy atom. The van der Waals surface area contributed by atoms with Crippen molar-refractivity contribution in [2.75, 3.05) is 5.32 Å². The van der Waals surface area contributed by atoms with Crippen LogP contribution in [0.1, 0.15) is 25.5 Å². The van der Waals surface area contributed by atoms with E-state index in [9.17, 15) is 14.5 Å². The van der Waals surface area contributed by atoms with Crippen molar-refractivity contribution in [1.82, 2.24) is 0 Å².